The van der Waals surface area contributed by atoms with Crippen LogP contribution in [0.4, 0.5) is 5.69 Å². The Balaban J connectivity index is 2.25. The summed E-state index contributed by atoms with van der Waals surface area (Å²) in [5, 5.41) is 13.2. The number of benzene rings is 1. The Labute approximate surface area is 110 Å². The maximum absolute atomic E-state index is 12.1. The molecule has 3 N–H and O–H groups in total. The van der Waals surface area contributed by atoms with Crippen LogP contribution in [0.2, 0.25) is 0 Å². The van der Waals surface area contributed by atoms with E-state index in [-0.39, 0.29) is 23.2 Å². The number of carbonyl (C=O) groups is 1. The summed E-state index contributed by atoms with van der Waals surface area (Å²) in [4.78, 5) is 12.1. The van der Waals surface area contributed by atoms with Gasteiger partial charge in [0.1, 0.15) is 11.5 Å². The molecule has 0 fully saturated rings. The van der Waals surface area contributed by atoms with E-state index in [1.165, 1.54) is 35.1 Å². The number of aromatic nitrogens is 2. The molecule has 1 heterocycles. The number of carbonyl (C=O) groups excluding carboxylic acids is 1. The highest BCUT2D eigenvalue weighted by Crippen LogP contribution is 2.20. The number of phenolic OH excluding ortho intramolecular Hbond substituents is 1. The van der Waals surface area contributed by atoms with Crippen LogP contribution in [-0.4, -0.2) is 20.9 Å². The molecule has 0 atom stereocenters. The van der Waals surface area contributed by atoms with E-state index in [2.05, 4.69) is 5.10 Å². The topological polar surface area (TPSA) is 90.4 Å². The van der Waals surface area contributed by atoms with Crippen LogP contribution >= 0.6 is 0 Å². The molecule has 2 aromatic rings. The third-order valence-electron chi connectivity index (χ3n) is 2.55. The van der Waals surface area contributed by atoms with Crippen molar-refractivity contribution in [1.29, 1.82) is 0 Å². The third-order valence-corrected chi connectivity index (χ3v) is 2.55. The molecular formula is C13H15N3O3. The van der Waals surface area contributed by atoms with Crippen LogP contribution in [0.1, 0.15) is 30.4 Å². The summed E-state index contributed by atoms with van der Waals surface area (Å²) in [5.41, 5.74) is 6.23. The summed E-state index contributed by atoms with van der Waals surface area (Å²) in [7, 11) is 0. The zero-order chi connectivity index (χ0) is 14.0. The molecule has 0 radical (unpaired) electrons. The molecule has 0 aliphatic heterocycles. The van der Waals surface area contributed by atoms with Gasteiger partial charge in [0.15, 0.2) is 5.69 Å². The second-order valence-electron chi connectivity index (χ2n) is 4.37. The third kappa shape index (κ3) is 2.67. The first kappa shape index (κ1) is 12.9. The van der Waals surface area contributed by atoms with E-state index in [1.807, 2.05) is 13.8 Å². The predicted molar refractivity (Wildman–Crippen MR) is 70.1 cm³/mol. The molecule has 6 heteroatoms. The summed E-state index contributed by atoms with van der Waals surface area (Å²) >= 11 is 0. The minimum absolute atomic E-state index is 0.000308. The standard InChI is InChI=1S/C13H15N3O3/c1-8(2)16-12(11(14)7-15-16)13(18)19-10-5-3-9(17)4-6-10/h3-8,17H,14H2,1-2H3. The fourth-order valence-electron chi connectivity index (χ4n) is 1.65. The van der Waals surface area contributed by atoms with Gasteiger partial charge in [-0.3, -0.25) is 4.68 Å². The number of hydrogen-bond acceptors (Lipinski definition) is 5. The molecule has 6 nitrogen and oxygen atoms in total. The van der Waals surface area contributed by atoms with Crippen LogP contribution in [0, 0.1) is 0 Å². The van der Waals surface area contributed by atoms with Crippen molar-refractivity contribution < 1.29 is 14.6 Å². The van der Waals surface area contributed by atoms with Crippen molar-refractivity contribution in [3.63, 3.8) is 0 Å². The molecule has 0 amide bonds. The Bertz CT molecular complexity index is 588. The smallest absolute Gasteiger partial charge is 0.364 e. The van der Waals surface area contributed by atoms with Crippen LogP contribution in [0.3, 0.4) is 0 Å². The van der Waals surface area contributed by atoms with Gasteiger partial charge in [0.2, 0.25) is 0 Å². The minimum atomic E-state index is -0.575. The van der Waals surface area contributed by atoms with Gasteiger partial charge in [-0.25, -0.2) is 4.79 Å². The first-order valence-electron chi connectivity index (χ1n) is 5.83. The lowest BCUT2D eigenvalue weighted by molar-refractivity contribution is 0.0720. The van der Waals surface area contributed by atoms with Crippen LogP contribution in [-0.2, 0) is 0 Å². The fraction of sp³-hybridized carbons (Fsp3) is 0.231. The molecule has 0 spiro atoms. The van der Waals surface area contributed by atoms with Gasteiger partial charge in [0, 0.05) is 6.04 Å². The lowest BCUT2D eigenvalue weighted by Gasteiger charge is -2.11. The van der Waals surface area contributed by atoms with Gasteiger partial charge in [-0.2, -0.15) is 5.10 Å². The van der Waals surface area contributed by atoms with Gasteiger partial charge < -0.3 is 15.6 Å². The molecule has 0 saturated carbocycles. The zero-order valence-electron chi connectivity index (χ0n) is 10.7. The largest absolute Gasteiger partial charge is 0.508 e. The van der Waals surface area contributed by atoms with E-state index in [0.717, 1.165) is 0 Å². The Kier molecular flexibility index (Phi) is 3.41. The van der Waals surface area contributed by atoms with Gasteiger partial charge in [-0.15, -0.1) is 0 Å². The number of phenols is 1. The van der Waals surface area contributed by atoms with Crippen LogP contribution in [0.15, 0.2) is 30.5 Å². The molecule has 0 saturated heterocycles. The number of nitrogens with two attached hydrogens (primary N) is 1. The number of nitrogens with zero attached hydrogens (tertiary/aromatic N) is 2. The molecule has 0 bridgehead atoms. The average molecular weight is 261 g/mol. The van der Waals surface area contributed by atoms with Crippen molar-refractivity contribution in [3.05, 3.63) is 36.2 Å². The normalized spacial score (nSPS) is 10.7. The Morgan fingerprint density at radius 2 is 2.00 bits per heavy atom. The lowest BCUT2D eigenvalue weighted by Crippen LogP contribution is -2.18. The lowest BCUT2D eigenvalue weighted by atomic mass is 10.3. The Hall–Kier alpha value is -2.50. The molecular weight excluding hydrogens is 246 g/mol. The molecule has 0 aliphatic rings. The van der Waals surface area contributed by atoms with Crippen molar-refractivity contribution in [2.24, 2.45) is 0 Å². The summed E-state index contributed by atoms with van der Waals surface area (Å²) in [5.74, 6) is -0.139. The molecule has 1 aromatic heterocycles. The first-order chi connectivity index (χ1) is 8.99. The van der Waals surface area contributed by atoms with Gasteiger partial charge >= 0.3 is 5.97 Å². The molecule has 19 heavy (non-hydrogen) atoms. The monoisotopic (exact) mass is 261 g/mol. The van der Waals surface area contributed by atoms with Crippen LogP contribution in [0.25, 0.3) is 0 Å². The fourth-order valence-corrected chi connectivity index (χ4v) is 1.65. The van der Waals surface area contributed by atoms with Crippen molar-refractivity contribution in [3.8, 4) is 11.5 Å². The predicted octanol–water partition coefficient (Wildman–Crippen LogP) is 1.97. The highest BCUT2D eigenvalue weighted by Gasteiger charge is 2.20. The maximum Gasteiger partial charge on any atom is 0.364 e. The zero-order valence-corrected chi connectivity index (χ0v) is 10.7. The van der Waals surface area contributed by atoms with Crippen molar-refractivity contribution >= 4 is 11.7 Å². The maximum atomic E-state index is 12.1. The Morgan fingerprint density at radius 3 is 2.58 bits per heavy atom. The van der Waals surface area contributed by atoms with Gasteiger partial charge in [-0.05, 0) is 38.1 Å². The molecule has 1 aromatic carbocycles. The van der Waals surface area contributed by atoms with E-state index in [4.69, 9.17) is 15.6 Å². The highest BCUT2D eigenvalue weighted by atomic mass is 16.5. The Morgan fingerprint density at radius 1 is 1.37 bits per heavy atom. The number of anilines is 1. The van der Waals surface area contributed by atoms with Gasteiger partial charge in [0.25, 0.3) is 0 Å². The number of ether oxygens (including phenoxy) is 1. The van der Waals surface area contributed by atoms with E-state index >= 15 is 0 Å². The molecule has 100 valence electrons. The SMILES string of the molecule is CC(C)n1ncc(N)c1C(=O)Oc1ccc(O)cc1. The van der Waals surface area contributed by atoms with Gasteiger partial charge in [-0.1, -0.05) is 0 Å². The minimum Gasteiger partial charge on any atom is -0.508 e. The van der Waals surface area contributed by atoms with E-state index in [9.17, 15) is 4.79 Å². The van der Waals surface area contributed by atoms with Gasteiger partial charge in [0.05, 0.1) is 11.9 Å². The summed E-state index contributed by atoms with van der Waals surface area (Å²) in [6.07, 6.45) is 1.42. The number of hydrogen-bond donors (Lipinski definition) is 2. The summed E-state index contributed by atoms with van der Waals surface area (Å²) in [6.45, 7) is 3.79. The van der Waals surface area contributed by atoms with E-state index in [0.29, 0.717) is 5.75 Å². The number of nitrogen functional groups attached to an aromatic ring is 1. The van der Waals surface area contributed by atoms with Crippen LogP contribution in [0.5, 0.6) is 11.5 Å². The average Bonchev–Trinajstić information content (AvgIpc) is 2.74. The van der Waals surface area contributed by atoms with Crippen molar-refractivity contribution in [2.75, 3.05) is 5.73 Å². The first-order valence-corrected chi connectivity index (χ1v) is 5.83. The van der Waals surface area contributed by atoms with Crippen molar-refractivity contribution in [1.82, 2.24) is 9.78 Å². The highest BCUT2D eigenvalue weighted by molar-refractivity contribution is 5.94. The molecule has 0 aliphatic carbocycles. The number of esters is 1. The number of rotatable bonds is 3. The summed E-state index contributed by atoms with van der Waals surface area (Å²) in [6, 6.07) is 5.87. The van der Waals surface area contributed by atoms with Crippen LogP contribution < -0.4 is 10.5 Å². The second-order valence-corrected chi connectivity index (χ2v) is 4.37. The number of aromatic hydroxyl groups is 1. The van der Waals surface area contributed by atoms with E-state index < -0.39 is 5.97 Å². The quantitative estimate of drug-likeness (QED) is 0.651. The van der Waals surface area contributed by atoms with Crippen molar-refractivity contribution in [2.45, 2.75) is 19.9 Å². The second kappa shape index (κ2) is 5.01. The molecule has 0 unspecified atom stereocenters. The molecule has 2 rings (SSSR count). The summed E-state index contributed by atoms with van der Waals surface area (Å²) < 4.78 is 6.71. The van der Waals surface area contributed by atoms with E-state index in [1.54, 1.807) is 0 Å².